The minimum Gasteiger partial charge on any atom is -0.431 e. The largest absolute Gasteiger partial charge is 0.431 e. The SMILES string of the molecule is Brc1ncc(-c2ccccc2I)o1. The molecular weight excluding hydrogens is 345 g/mol. The van der Waals surface area contributed by atoms with Crippen molar-refractivity contribution in [3.8, 4) is 11.3 Å². The fourth-order valence-electron chi connectivity index (χ4n) is 1.04. The van der Waals surface area contributed by atoms with Gasteiger partial charge in [0, 0.05) is 25.1 Å². The van der Waals surface area contributed by atoms with E-state index in [9.17, 15) is 0 Å². The van der Waals surface area contributed by atoms with Gasteiger partial charge >= 0.3 is 0 Å². The summed E-state index contributed by atoms with van der Waals surface area (Å²) in [6.07, 6.45) is 1.71. The molecule has 0 bridgehead atoms. The van der Waals surface area contributed by atoms with E-state index in [2.05, 4.69) is 43.5 Å². The van der Waals surface area contributed by atoms with E-state index < -0.39 is 0 Å². The number of hydrogen-bond acceptors (Lipinski definition) is 2. The number of oxazole rings is 1. The number of nitrogens with zero attached hydrogens (tertiary/aromatic N) is 1. The maximum absolute atomic E-state index is 5.35. The highest BCUT2D eigenvalue weighted by molar-refractivity contribution is 14.1. The highest BCUT2D eigenvalue weighted by Gasteiger charge is 2.06. The molecule has 0 radical (unpaired) electrons. The Labute approximate surface area is 97.6 Å². The molecule has 0 saturated heterocycles. The smallest absolute Gasteiger partial charge is 0.264 e. The van der Waals surface area contributed by atoms with E-state index >= 15 is 0 Å². The van der Waals surface area contributed by atoms with Gasteiger partial charge in [-0.1, -0.05) is 18.2 Å². The Morgan fingerprint density at radius 3 is 2.69 bits per heavy atom. The van der Waals surface area contributed by atoms with Crippen molar-refractivity contribution < 1.29 is 4.42 Å². The van der Waals surface area contributed by atoms with Gasteiger partial charge in [-0.15, -0.1) is 0 Å². The second kappa shape index (κ2) is 3.79. The summed E-state index contributed by atoms with van der Waals surface area (Å²) in [6.45, 7) is 0. The average molecular weight is 350 g/mol. The van der Waals surface area contributed by atoms with Crippen LogP contribution in [0.15, 0.2) is 39.7 Å². The molecule has 0 aliphatic carbocycles. The molecule has 2 nitrogen and oxygen atoms in total. The fourth-order valence-corrected chi connectivity index (χ4v) is 1.97. The molecule has 0 atom stereocenters. The molecule has 0 unspecified atom stereocenters. The van der Waals surface area contributed by atoms with Crippen LogP contribution in [0.3, 0.4) is 0 Å². The predicted octanol–water partition coefficient (Wildman–Crippen LogP) is 3.71. The summed E-state index contributed by atoms with van der Waals surface area (Å²) in [7, 11) is 0. The quantitative estimate of drug-likeness (QED) is 0.733. The van der Waals surface area contributed by atoms with E-state index in [1.165, 1.54) is 0 Å². The summed E-state index contributed by atoms with van der Waals surface area (Å²) in [5, 5.41) is 0. The molecule has 0 fully saturated rings. The van der Waals surface area contributed by atoms with Crippen molar-refractivity contribution in [2.45, 2.75) is 0 Å². The molecular formula is C9H5BrINO. The molecule has 1 aromatic carbocycles. The average Bonchev–Trinajstić information content (AvgIpc) is 2.53. The Hall–Kier alpha value is -0.360. The molecule has 0 aliphatic rings. The third-order valence-corrected chi connectivity index (χ3v) is 2.92. The van der Waals surface area contributed by atoms with Gasteiger partial charge < -0.3 is 4.42 Å². The molecule has 1 heterocycles. The van der Waals surface area contributed by atoms with Crippen molar-refractivity contribution >= 4 is 38.5 Å². The van der Waals surface area contributed by atoms with Gasteiger partial charge in [-0.05, 0) is 28.7 Å². The van der Waals surface area contributed by atoms with E-state index in [0.29, 0.717) is 4.80 Å². The monoisotopic (exact) mass is 349 g/mol. The van der Waals surface area contributed by atoms with Crippen molar-refractivity contribution in [2.24, 2.45) is 0 Å². The van der Waals surface area contributed by atoms with Gasteiger partial charge in [-0.25, -0.2) is 4.98 Å². The van der Waals surface area contributed by atoms with E-state index in [0.717, 1.165) is 14.9 Å². The van der Waals surface area contributed by atoms with E-state index in [4.69, 9.17) is 4.42 Å². The summed E-state index contributed by atoms with van der Waals surface area (Å²) in [5.41, 5.74) is 1.07. The fraction of sp³-hybridized carbons (Fsp3) is 0. The summed E-state index contributed by atoms with van der Waals surface area (Å²) in [6, 6.07) is 8.02. The molecule has 0 saturated carbocycles. The second-order valence-corrected chi connectivity index (χ2v) is 4.30. The third kappa shape index (κ3) is 1.94. The molecule has 1 aromatic heterocycles. The van der Waals surface area contributed by atoms with Crippen molar-refractivity contribution in [1.82, 2.24) is 4.98 Å². The predicted molar refractivity (Wildman–Crippen MR) is 62.4 cm³/mol. The topological polar surface area (TPSA) is 26.0 Å². The van der Waals surface area contributed by atoms with Gasteiger partial charge in [0.25, 0.3) is 4.80 Å². The maximum Gasteiger partial charge on any atom is 0.264 e. The van der Waals surface area contributed by atoms with Crippen LogP contribution >= 0.6 is 38.5 Å². The van der Waals surface area contributed by atoms with Crippen molar-refractivity contribution in [3.05, 3.63) is 38.8 Å². The van der Waals surface area contributed by atoms with E-state index in [1.807, 2.05) is 24.3 Å². The van der Waals surface area contributed by atoms with Crippen LogP contribution in [0.5, 0.6) is 0 Å². The lowest BCUT2D eigenvalue weighted by Gasteiger charge is -1.97. The van der Waals surface area contributed by atoms with Crippen LogP contribution < -0.4 is 0 Å². The normalized spacial score (nSPS) is 10.3. The Kier molecular flexibility index (Phi) is 2.69. The lowest BCUT2D eigenvalue weighted by molar-refractivity contribution is 0.542. The van der Waals surface area contributed by atoms with E-state index in [-0.39, 0.29) is 0 Å². The first-order valence-corrected chi connectivity index (χ1v) is 5.51. The molecule has 4 heteroatoms. The standard InChI is InChI=1S/C9H5BrINO/c10-9-12-5-8(13-9)6-3-1-2-4-7(6)11/h1-5H. The molecule has 0 spiro atoms. The number of benzene rings is 1. The van der Waals surface area contributed by atoms with Crippen molar-refractivity contribution in [1.29, 1.82) is 0 Å². The van der Waals surface area contributed by atoms with Crippen LogP contribution in [-0.4, -0.2) is 4.98 Å². The second-order valence-electron chi connectivity index (χ2n) is 2.46. The van der Waals surface area contributed by atoms with Crippen LogP contribution in [0.25, 0.3) is 11.3 Å². The van der Waals surface area contributed by atoms with Gasteiger partial charge in [0.1, 0.15) is 0 Å². The Morgan fingerprint density at radius 2 is 2.08 bits per heavy atom. The Morgan fingerprint density at radius 1 is 1.31 bits per heavy atom. The summed E-state index contributed by atoms with van der Waals surface area (Å²) >= 11 is 5.44. The summed E-state index contributed by atoms with van der Waals surface area (Å²) in [5.74, 6) is 0.789. The minimum absolute atomic E-state index is 0.516. The first-order valence-electron chi connectivity index (χ1n) is 3.63. The van der Waals surface area contributed by atoms with Crippen LogP contribution in [0.1, 0.15) is 0 Å². The zero-order valence-electron chi connectivity index (χ0n) is 6.50. The summed E-state index contributed by atoms with van der Waals surface area (Å²) in [4.78, 5) is 4.50. The third-order valence-electron chi connectivity index (χ3n) is 1.62. The first-order chi connectivity index (χ1) is 6.27. The highest BCUT2D eigenvalue weighted by atomic mass is 127. The van der Waals surface area contributed by atoms with Crippen molar-refractivity contribution in [2.75, 3.05) is 0 Å². The van der Waals surface area contributed by atoms with Gasteiger partial charge in [0.2, 0.25) is 0 Å². The maximum atomic E-state index is 5.35. The molecule has 13 heavy (non-hydrogen) atoms. The Balaban J connectivity index is 2.52. The highest BCUT2D eigenvalue weighted by Crippen LogP contribution is 2.26. The minimum atomic E-state index is 0.516. The van der Waals surface area contributed by atoms with Crippen LogP contribution in [0.4, 0.5) is 0 Å². The van der Waals surface area contributed by atoms with E-state index in [1.54, 1.807) is 6.20 Å². The number of hydrogen-bond donors (Lipinski definition) is 0. The lowest BCUT2D eigenvalue weighted by atomic mass is 10.2. The zero-order valence-corrected chi connectivity index (χ0v) is 10.2. The van der Waals surface area contributed by atoms with Gasteiger partial charge in [-0.3, -0.25) is 0 Å². The number of aromatic nitrogens is 1. The summed E-state index contributed by atoms with van der Waals surface area (Å²) < 4.78 is 6.51. The molecule has 0 aliphatic heterocycles. The molecule has 2 rings (SSSR count). The molecule has 0 amide bonds. The van der Waals surface area contributed by atoms with Crippen molar-refractivity contribution in [3.63, 3.8) is 0 Å². The molecule has 2 aromatic rings. The van der Waals surface area contributed by atoms with Crippen LogP contribution in [-0.2, 0) is 0 Å². The molecule has 66 valence electrons. The van der Waals surface area contributed by atoms with Gasteiger partial charge in [-0.2, -0.15) is 0 Å². The van der Waals surface area contributed by atoms with Gasteiger partial charge in [0.05, 0.1) is 6.20 Å². The first kappa shape index (κ1) is 9.21. The van der Waals surface area contributed by atoms with Crippen LogP contribution in [0.2, 0.25) is 0 Å². The molecule has 0 N–H and O–H groups in total. The number of halogens is 2. The lowest BCUT2D eigenvalue weighted by Crippen LogP contribution is -1.77. The van der Waals surface area contributed by atoms with Crippen LogP contribution in [0, 0.1) is 3.57 Å². The zero-order chi connectivity index (χ0) is 9.26. The Bertz CT molecular complexity index is 427. The van der Waals surface area contributed by atoms with Gasteiger partial charge in [0.15, 0.2) is 5.76 Å². The number of rotatable bonds is 1.